The predicted molar refractivity (Wildman–Crippen MR) is 95.0 cm³/mol. The maximum absolute atomic E-state index is 13.7. The van der Waals surface area contributed by atoms with E-state index in [0.29, 0.717) is 12.1 Å². The molecule has 0 aliphatic carbocycles. The number of ether oxygens (including phenoxy) is 1. The maximum Gasteiger partial charge on any atom is 0.416 e. The highest BCUT2D eigenvalue weighted by molar-refractivity contribution is 6.01. The molecule has 1 aliphatic heterocycles. The lowest BCUT2D eigenvalue weighted by Crippen LogP contribution is -2.50. The number of hydrogen-bond acceptors (Lipinski definition) is 5. The molecule has 164 valence electrons. The summed E-state index contributed by atoms with van der Waals surface area (Å²) in [6, 6.07) is 3.72. The fourth-order valence-corrected chi connectivity index (χ4v) is 2.53. The molecule has 0 aromatic heterocycles. The van der Waals surface area contributed by atoms with E-state index in [9.17, 15) is 36.3 Å². The number of hydrogen-bond donors (Lipinski definition) is 4. The van der Waals surface area contributed by atoms with Gasteiger partial charge < -0.3 is 15.4 Å². The van der Waals surface area contributed by atoms with E-state index in [2.05, 4.69) is 15.4 Å². The van der Waals surface area contributed by atoms with E-state index in [1.807, 2.05) is 10.9 Å². The molecule has 1 heterocycles. The highest BCUT2D eigenvalue weighted by Crippen LogP contribution is 2.31. The fourth-order valence-electron chi connectivity index (χ4n) is 2.53. The first-order valence-corrected chi connectivity index (χ1v) is 8.51. The van der Waals surface area contributed by atoms with Gasteiger partial charge in [0.25, 0.3) is 11.8 Å². The van der Waals surface area contributed by atoms with Crippen molar-refractivity contribution in [3.63, 3.8) is 0 Å². The SMILES string of the molecule is O=C1N[C@H](C(=O)NNC(=O)c2cc(F)c(F)cc2Nc2ccc(C(F)(F)F)cc2)CO1. The molecule has 2 aromatic rings. The molecule has 8 nitrogen and oxygen atoms in total. The largest absolute Gasteiger partial charge is 0.447 e. The summed E-state index contributed by atoms with van der Waals surface area (Å²) in [5.74, 6) is -4.59. The van der Waals surface area contributed by atoms with Crippen LogP contribution in [0.3, 0.4) is 0 Å². The van der Waals surface area contributed by atoms with Crippen molar-refractivity contribution in [3.05, 3.63) is 59.2 Å². The van der Waals surface area contributed by atoms with Crippen molar-refractivity contribution in [3.8, 4) is 0 Å². The average molecular weight is 444 g/mol. The van der Waals surface area contributed by atoms with Crippen molar-refractivity contribution < 1.29 is 41.1 Å². The van der Waals surface area contributed by atoms with Gasteiger partial charge in [0.2, 0.25) is 0 Å². The molecule has 3 amide bonds. The van der Waals surface area contributed by atoms with Crippen LogP contribution in [-0.2, 0) is 15.7 Å². The van der Waals surface area contributed by atoms with Crippen LogP contribution >= 0.6 is 0 Å². The number of halogens is 5. The Morgan fingerprint density at radius 2 is 1.68 bits per heavy atom. The Hall–Kier alpha value is -3.90. The van der Waals surface area contributed by atoms with Crippen LogP contribution in [0, 0.1) is 11.6 Å². The van der Waals surface area contributed by atoms with Crippen molar-refractivity contribution in [2.75, 3.05) is 11.9 Å². The second-order valence-corrected chi connectivity index (χ2v) is 6.25. The topological polar surface area (TPSA) is 109 Å². The lowest BCUT2D eigenvalue weighted by molar-refractivity contribution is -0.137. The third kappa shape index (κ3) is 5.18. The van der Waals surface area contributed by atoms with Gasteiger partial charge in [-0.15, -0.1) is 0 Å². The summed E-state index contributed by atoms with van der Waals surface area (Å²) < 4.78 is 69.9. The molecule has 1 atom stereocenters. The third-order valence-corrected chi connectivity index (χ3v) is 4.09. The first-order chi connectivity index (χ1) is 14.5. The summed E-state index contributed by atoms with van der Waals surface area (Å²) in [4.78, 5) is 35.2. The van der Waals surface area contributed by atoms with Gasteiger partial charge in [-0.25, -0.2) is 13.6 Å². The minimum absolute atomic E-state index is 0.0583. The average Bonchev–Trinajstić information content (AvgIpc) is 3.14. The first-order valence-electron chi connectivity index (χ1n) is 8.51. The van der Waals surface area contributed by atoms with Gasteiger partial charge in [-0.1, -0.05) is 0 Å². The Morgan fingerprint density at radius 3 is 2.26 bits per heavy atom. The van der Waals surface area contributed by atoms with Gasteiger partial charge in [0, 0.05) is 11.8 Å². The monoisotopic (exact) mass is 444 g/mol. The number of alkyl halides is 3. The van der Waals surface area contributed by atoms with Crippen LogP contribution < -0.4 is 21.5 Å². The minimum atomic E-state index is -4.56. The summed E-state index contributed by atoms with van der Waals surface area (Å²) in [7, 11) is 0. The second-order valence-electron chi connectivity index (χ2n) is 6.25. The molecule has 3 rings (SSSR count). The molecule has 1 saturated heterocycles. The van der Waals surface area contributed by atoms with Gasteiger partial charge in [-0.3, -0.25) is 20.4 Å². The van der Waals surface area contributed by atoms with Crippen molar-refractivity contribution in [1.82, 2.24) is 16.2 Å². The van der Waals surface area contributed by atoms with Crippen LogP contribution in [0.4, 0.5) is 38.1 Å². The normalized spacial score (nSPS) is 15.6. The van der Waals surface area contributed by atoms with Crippen LogP contribution in [0.2, 0.25) is 0 Å². The maximum atomic E-state index is 13.7. The summed E-state index contributed by atoms with van der Waals surface area (Å²) in [5, 5.41) is 4.69. The molecular formula is C18H13F5N4O4. The van der Waals surface area contributed by atoms with E-state index in [-0.39, 0.29) is 18.0 Å². The molecule has 0 saturated carbocycles. The first kappa shape index (κ1) is 21.8. The highest BCUT2D eigenvalue weighted by Gasteiger charge is 2.30. The number of amides is 3. The Morgan fingerprint density at radius 1 is 1.03 bits per heavy atom. The number of carbonyl (C=O) groups excluding carboxylic acids is 3. The Kier molecular flexibility index (Phi) is 5.95. The van der Waals surface area contributed by atoms with Crippen LogP contribution in [0.25, 0.3) is 0 Å². The molecule has 0 bridgehead atoms. The van der Waals surface area contributed by atoms with Gasteiger partial charge in [-0.05, 0) is 30.3 Å². The minimum Gasteiger partial charge on any atom is -0.447 e. The molecule has 1 fully saturated rings. The number of anilines is 2. The zero-order valence-corrected chi connectivity index (χ0v) is 15.3. The Balaban J connectivity index is 1.75. The van der Waals surface area contributed by atoms with Gasteiger partial charge in [-0.2, -0.15) is 13.2 Å². The molecule has 31 heavy (non-hydrogen) atoms. The van der Waals surface area contributed by atoms with E-state index in [1.165, 1.54) is 0 Å². The smallest absolute Gasteiger partial charge is 0.416 e. The van der Waals surface area contributed by atoms with Crippen molar-refractivity contribution in [2.45, 2.75) is 12.2 Å². The quantitative estimate of drug-likeness (QED) is 0.428. The zero-order valence-electron chi connectivity index (χ0n) is 15.3. The second kappa shape index (κ2) is 8.45. The van der Waals surface area contributed by atoms with Gasteiger partial charge in [0.05, 0.1) is 16.8 Å². The van der Waals surface area contributed by atoms with Crippen LogP contribution in [0.5, 0.6) is 0 Å². The fraction of sp³-hybridized carbons (Fsp3) is 0.167. The van der Waals surface area contributed by atoms with E-state index >= 15 is 0 Å². The number of nitrogens with one attached hydrogen (secondary N) is 4. The van der Waals surface area contributed by atoms with E-state index in [4.69, 9.17) is 0 Å². The number of carbonyl (C=O) groups is 3. The summed E-state index contributed by atoms with van der Waals surface area (Å²) >= 11 is 0. The molecule has 4 N–H and O–H groups in total. The molecule has 0 spiro atoms. The highest BCUT2D eigenvalue weighted by atomic mass is 19.4. The summed E-state index contributed by atoms with van der Waals surface area (Å²) in [6.45, 7) is -0.271. The molecule has 1 aliphatic rings. The lowest BCUT2D eigenvalue weighted by atomic mass is 10.1. The molecule has 2 aromatic carbocycles. The molecule has 13 heteroatoms. The van der Waals surface area contributed by atoms with Gasteiger partial charge >= 0.3 is 12.3 Å². The summed E-state index contributed by atoms with van der Waals surface area (Å²) in [6.07, 6.45) is -5.39. The number of benzene rings is 2. The predicted octanol–water partition coefficient (Wildman–Crippen LogP) is 2.60. The van der Waals surface area contributed by atoms with Gasteiger partial charge in [0.15, 0.2) is 11.6 Å². The van der Waals surface area contributed by atoms with E-state index in [1.54, 1.807) is 0 Å². The Labute approximate surface area is 170 Å². The zero-order chi connectivity index (χ0) is 22.8. The van der Waals surface area contributed by atoms with E-state index < -0.39 is 52.9 Å². The lowest BCUT2D eigenvalue weighted by Gasteiger charge is -2.15. The van der Waals surface area contributed by atoms with Crippen LogP contribution in [0.1, 0.15) is 15.9 Å². The van der Waals surface area contributed by atoms with Crippen LogP contribution in [0.15, 0.2) is 36.4 Å². The third-order valence-electron chi connectivity index (χ3n) is 4.09. The summed E-state index contributed by atoms with van der Waals surface area (Å²) in [5.41, 5.74) is 2.37. The van der Waals surface area contributed by atoms with E-state index in [0.717, 1.165) is 24.3 Å². The number of cyclic esters (lactones) is 1. The number of rotatable bonds is 4. The number of hydrazine groups is 1. The molecule has 0 unspecified atom stereocenters. The standard InChI is InChI=1S/C18H13F5N4O4/c19-11-5-10(15(28)26-27-16(29)14-7-31-17(30)25-14)13(6-12(11)20)24-9-3-1-8(2-4-9)18(21,22)23/h1-6,14,24H,7H2,(H,25,30)(H,26,28)(H,27,29)/t14-/m0/s1. The molecule has 0 radical (unpaired) electrons. The van der Waals surface area contributed by atoms with Gasteiger partial charge in [0.1, 0.15) is 12.6 Å². The Bertz CT molecular complexity index is 1030. The number of alkyl carbamates (subject to hydrolysis) is 1. The van der Waals surface area contributed by atoms with Crippen molar-refractivity contribution in [1.29, 1.82) is 0 Å². The van der Waals surface area contributed by atoms with Crippen LogP contribution in [-0.4, -0.2) is 30.6 Å². The van der Waals surface area contributed by atoms with Crippen molar-refractivity contribution >= 4 is 29.3 Å². The van der Waals surface area contributed by atoms with Crippen molar-refractivity contribution in [2.24, 2.45) is 0 Å². The molecular weight excluding hydrogens is 431 g/mol.